The van der Waals surface area contributed by atoms with Gasteiger partial charge in [-0.1, -0.05) is 51.7 Å². The fraction of sp³-hybridized carbons (Fsp3) is 0.824. The van der Waals surface area contributed by atoms with E-state index in [2.05, 4.69) is 26.0 Å². The Bertz CT molecular complexity index is 221. The summed E-state index contributed by atoms with van der Waals surface area (Å²) in [4.78, 5) is 11.3. The van der Waals surface area contributed by atoms with Crippen LogP contribution in [0.1, 0.15) is 84.5 Å². The molecule has 0 aliphatic rings. The van der Waals surface area contributed by atoms with Gasteiger partial charge in [0.25, 0.3) is 0 Å². The number of unbranched alkanes of at least 4 members (excludes halogenated alkanes) is 7. The van der Waals surface area contributed by atoms with Gasteiger partial charge >= 0.3 is 5.97 Å². The molecular weight excluding hydrogens is 236 g/mol. The van der Waals surface area contributed by atoms with E-state index in [1.807, 2.05) is 0 Å². The van der Waals surface area contributed by atoms with Crippen LogP contribution in [-0.2, 0) is 9.53 Å². The van der Waals surface area contributed by atoms with E-state index in [1.54, 1.807) is 0 Å². The molecule has 0 radical (unpaired) electrons. The summed E-state index contributed by atoms with van der Waals surface area (Å²) in [5, 5.41) is 0. The van der Waals surface area contributed by atoms with Crippen LogP contribution in [-0.4, -0.2) is 12.6 Å². The van der Waals surface area contributed by atoms with Crippen molar-refractivity contribution in [3.63, 3.8) is 0 Å². The maximum Gasteiger partial charge on any atom is 0.305 e. The number of rotatable bonds is 13. The van der Waals surface area contributed by atoms with Crippen molar-refractivity contribution >= 4 is 5.97 Å². The van der Waals surface area contributed by atoms with Crippen LogP contribution in [0.2, 0.25) is 0 Å². The molecule has 0 amide bonds. The van der Waals surface area contributed by atoms with Crippen molar-refractivity contribution in [1.82, 2.24) is 0 Å². The molecule has 112 valence electrons. The van der Waals surface area contributed by atoms with Crippen molar-refractivity contribution in [2.75, 3.05) is 6.61 Å². The van der Waals surface area contributed by atoms with Crippen LogP contribution >= 0.6 is 0 Å². The van der Waals surface area contributed by atoms with Gasteiger partial charge in [0, 0.05) is 6.42 Å². The van der Waals surface area contributed by atoms with E-state index in [-0.39, 0.29) is 5.97 Å². The van der Waals surface area contributed by atoms with E-state index in [1.165, 1.54) is 32.1 Å². The molecule has 0 rings (SSSR count). The lowest BCUT2D eigenvalue weighted by Crippen LogP contribution is -2.05. The summed E-state index contributed by atoms with van der Waals surface area (Å²) in [5.41, 5.74) is 0. The fourth-order valence-electron chi connectivity index (χ4n) is 1.86. The Balaban J connectivity index is 3.20. The number of hydrogen-bond donors (Lipinski definition) is 0. The first-order valence-corrected chi connectivity index (χ1v) is 8.11. The first-order chi connectivity index (χ1) is 9.31. The summed E-state index contributed by atoms with van der Waals surface area (Å²) in [6, 6.07) is 0. The van der Waals surface area contributed by atoms with Crippen LogP contribution in [0, 0.1) is 0 Å². The topological polar surface area (TPSA) is 26.3 Å². The first kappa shape index (κ1) is 18.2. The Morgan fingerprint density at radius 2 is 1.47 bits per heavy atom. The molecular formula is C17H32O2. The summed E-state index contributed by atoms with van der Waals surface area (Å²) < 4.78 is 5.11. The maximum atomic E-state index is 11.3. The van der Waals surface area contributed by atoms with E-state index in [9.17, 15) is 4.79 Å². The number of carbonyl (C=O) groups excluding carboxylic acids is 1. The van der Waals surface area contributed by atoms with Gasteiger partial charge in [-0.15, -0.1) is 0 Å². The molecule has 0 saturated carbocycles. The molecule has 0 aromatic heterocycles. The molecule has 0 spiro atoms. The second-order valence-corrected chi connectivity index (χ2v) is 5.14. The quantitative estimate of drug-likeness (QED) is 0.253. The average molecular weight is 268 g/mol. The molecule has 0 N–H and O–H groups in total. The predicted molar refractivity (Wildman–Crippen MR) is 82.2 cm³/mol. The van der Waals surface area contributed by atoms with Gasteiger partial charge in [0.1, 0.15) is 0 Å². The molecule has 0 saturated heterocycles. The van der Waals surface area contributed by atoms with Gasteiger partial charge in [-0.25, -0.2) is 0 Å². The number of carbonyl (C=O) groups is 1. The van der Waals surface area contributed by atoms with E-state index in [4.69, 9.17) is 4.74 Å². The molecule has 2 nitrogen and oxygen atoms in total. The van der Waals surface area contributed by atoms with Gasteiger partial charge in [-0.3, -0.25) is 4.79 Å². The molecule has 0 aliphatic carbocycles. The van der Waals surface area contributed by atoms with Crippen LogP contribution < -0.4 is 0 Å². The van der Waals surface area contributed by atoms with Crippen LogP contribution in [0.4, 0.5) is 0 Å². The summed E-state index contributed by atoms with van der Waals surface area (Å²) in [6.07, 6.45) is 16.8. The SMILES string of the molecule is CCCCCCC=CCCCCC(=O)OCCCC. The van der Waals surface area contributed by atoms with Crippen molar-refractivity contribution in [2.45, 2.75) is 84.5 Å². The minimum atomic E-state index is -0.0306. The van der Waals surface area contributed by atoms with Gasteiger partial charge in [-0.05, 0) is 38.5 Å². The largest absolute Gasteiger partial charge is 0.466 e. The third kappa shape index (κ3) is 15.2. The summed E-state index contributed by atoms with van der Waals surface area (Å²) in [7, 11) is 0. The van der Waals surface area contributed by atoms with Crippen molar-refractivity contribution < 1.29 is 9.53 Å². The normalized spacial score (nSPS) is 11.1. The van der Waals surface area contributed by atoms with Crippen LogP contribution in [0.3, 0.4) is 0 Å². The van der Waals surface area contributed by atoms with Gasteiger partial charge in [0.05, 0.1) is 6.61 Å². The Morgan fingerprint density at radius 1 is 0.842 bits per heavy atom. The summed E-state index contributed by atoms with van der Waals surface area (Å²) in [5.74, 6) is -0.0306. The highest BCUT2D eigenvalue weighted by molar-refractivity contribution is 5.69. The number of ether oxygens (including phenoxy) is 1. The van der Waals surface area contributed by atoms with Crippen LogP contribution in [0.15, 0.2) is 12.2 Å². The maximum absolute atomic E-state index is 11.3. The molecule has 2 heteroatoms. The van der Waals surface area contributed by atoms with Crippen LogP contribution in [0.5, 0.6) is 0 Å². The zero-order valence-electron chi connectivity index (χ0n) is 13.0. The predicted octanol–water partition coefficient (Wildman–Crippen LogP) is 5.42. The standard InChI is InChI=1S/C17H32O2/c1-3-5-7-8-9-10-11-12-13-14-15-17(18)19-16-6-4-2/h10-11H,3-9,12-16H2,1-2H3. The molecule has 0 atom stereocenters. The monoisotopic (exact) mass is 268 g/mol. The Hall–Kier alpha value is -0.790. The van der Waals surface area contributed by atoms with Gasteiger partial charge in [0.2, 0.25) is 0 Å². The van der Waals surface area contributed by atoms with Crippen molar-refractivity contribution in [3.8, 4) is 0 Å². The Labute approximate surface area is 119 Å². The van der Waals surface area contributed by atoms with Crippen molar-refractivity contribution in [2.24, 2.45) is 0 Å². The number of esters is 1. The molecule has 0 aliphatic heterocycles. The molecule has 0 aromatic rings. The molecule has 0 bridgehead atoms. The average Bonchev–Trinajstić information content (AvgIpc) is 2.41. The lowest BCUT2D eigenvalue weighted by molar-refractivity contribution is -0.143. The zero-order chi connectivity index (χ0) is 14.2. The first-order valence-electron chi connectivity index (χ1n) is 8.11. The highest BCUT2D eigenvalue weighted by atomic mass is 16.5. The lowest BCUT2D eigenvalue weighted by atomic mass is 10.1. The molecule has 0 aromatic carbocycles. The second-order valence-electron chi connectivity index (χ2n) is 5.14. The smallest absolute Gasteiger partial charge is 0.305 e. The van der Waals surface area contributed by atoms with E-state index >= 15 is 0 Å². The van der Waals surface area contributed by atoms with Crippen molar-refractivity contribution in [3.05, 3.63) is 12.2 Å². The molecule has 0 unspecified atom stereocenters. The molecule has 0 heterocycles. The second kappa shape index (κ2) is 15.3. The Kier molecular flexibility index (Phi) is 14.6. The minimum absolute atomic E-state index is 0.0306. The minimum Gasteiger partial charge on any atom is -0.466 e. The zero-order valence-corrected chi connectivity index (χ0v) is 13.0. The summed E-state index contributed by atoms with van der Waals surface area (Å²) >= 11 is 0. The highest BCUT2D eigenvalue weighted by Gasteiger charge is 2.00. The van der Waals surface area contributed by atoms with Crippen LogP contribution in [0.25, 0.3) is 0 Å². The molecule has 19 heavy (non-hydrogen) atoms. The van der Waals surface area contributed by atoms with Gasteiger partial charge in [0.15, 0.2) is 0 Å². The number of hydrogen-bond acceptors (Lipinski definition) is 2. The van der Waals surface area contributed by atoms with E-state index in [0.717, 1.165) is 32.1 Å². The summed E-state index contributed by atoms with van der Waals surface area (Å²) in [6.45, 7) is 4.93. The van der Waals surface area contributed by atoms with E-state index in [0.29, 0.717) is 13.0 Å². The van der Waals surface area contributed by atoms with Gasteiger partial charge in [-0.2, -0.15) is 0 Å². The Morgan fingerprint density at radius 3 is 2.11 bits per heavy atom. The van der Waals surface area contributed by atoms with E-state index < -0.39 is 0 Å². The third-order valence-electron chi connectivity index (χ3n) is 3.15. The lowest BCUT2D eigenvalue weighted by Gasteiger charge is -2.02. The molecule has 0 fully saturated rings. The van der Waals surface area contributed by atoms with Crippen molar-refractivity contribution in [1.29, 1.82) is 0 Å². The highest BCUT2D eigenvalue weighted by Crippen LogP contribution is 2.06. The third-order valence-corrected chi connectivity index (χ3v) is 3.15. The van der Waals surface area contributed by atoms with Gasteiger partial charge < -0.3 is 4.74 Å². The fourth-order valence-corrected chi connectivity index (χ4v) is 1.86. The number of allylic oxidation sites excluding steroid dienone is 2.